The minimum atomic E-state index is 0.654. The predicted molar refractivity (Wildman–Crippen MR) is 81.8 cm³/mol. The lowest BCUT2D eigenvalue weighted by atomic mass is 10.1. The average molecular weight is 283 g/mol. The molecule has 4 nitrogen and oxygen atoms in total. The zero-order valence-corrected chi connectivity index (χ0v) is 12.2. The highest BCUT2D eigenvalue weighted by Crippen LogP contribution is 2.23. The first kappa shape index (κ1) is 13.0. The first-order chi connectivity index (χ1) is 10.4. The highest BCUT2D eigenvalue weighted by atomic mass is 16.4. The summed E-state index contributed by atoms with van der Waals surface area (Å²) >= 11 is 0. The molecule has 4 rings (SSSR count). The van der Waals surface area contributed by atoms with Gasteiger partial charge in [-0.25, -0.2) is 4.98 Å². The van der Waals surface area contributed by atoms with Gasteiger partial charge in [-0.05, 0) is 19.3 Å². The molecule has 0 spiro atoms. The lowest BCUT2D eigenvalue weighted by Gasteiger charge is -2.22. The smallest absolute Gasteiger partial charge is 0.209 e. The SMILES string of the molecule is c1ccc(-c2cnc(CN3CCC4CCC(C3)N4)o2)cc1. The van der Waals surface area contributed by atoms with Crippen molar-refractivity contribution in [2.75, 3.05) is 13.1 Å². The number of nitrogens with one attached hydrogen (secondary N) is 1. The molecule has 2 unspecified atom stereocenters. The quantitative estimate of drug-likeness (QED) is 0.940. The molecular weight excluding hydrogens is 262 g/mol. The molecule has 2 aromatic rings. The van der Waals surface area contributed by atoms with Crippen LogP contribution >= 0.6 is 0 Å². The first-order valence-electron chi connectivity index (χ1n) is 7.85. The molecule has 1 aromatic carbocycles. The summed E-state index contributed by atoms with van der Waals surface area (Å²) in [7, 11) is 0. The normalized spacial score (nSPS) is 25.9. The number of nitrogens with zero attached hydrogens (tertiary/aromatic N) is 2. The Morgan fingerprint density at radius 2 is 2.00 bits per heavy atom. The molecule has 1 aromatic heterocycles. The van der Waals surface area contributed by atoms with E-state index < -0.39 is 0 Å². The standard InChI is InChI=1S/C17H21N3O/c1-2-4-13(5-3-1)16-10-18-17(21-16)12-20-9-8-14-6-7-15(11-20)19-14/h1-5,10,14-15,19H,6-9,11-12H2. The van der Waals surface area contributed by atoms with Gasteiger partial charge in [-0.2, -0.15) is 0 Å². The summed E-state index contributed by atoms with van der Waals surface area (Å²) in [5, 5.41) is 3.71. The summed E-state index contributed by atoms with van der Waals surface area (Å²) in [5.41, 5.74) is 1.09. The molecule has 21 heavy (non-hydrogen) atoms. The van der Waals surface area contributed by atoms with Gasteiger partial charge < -0.3 is 9.73 Å². The highest BCUT2D eigenvalue weighted by Gasteiger charge is 2.29. The number of fused-ring (bicyclic) bond motifs is 2. The van der Waals surface area contributed by atoms with Gasteiger partial charge in [0.05, 0.1) is 12.7 Å². The molecule has 2 bridgehead atoms. The van der Waals surface area contributed by atoms with Gasteiger partial charge in [0.25, 0.3) is 0 Å². The average Bonchev–Trinajstić information content (AvgIpc) is 3.09. The summed E-state index contributed by atoms with van der Waals surface area (Å²) in [6, 6.07) is 11.5. The molecule has 0 amide bonds. The van der Waals surface area contributed by atoms with Crippen LogP contribution in [0.25, 0.3) is 11.3 Å². The second kappa shape index (κ2) is 5.62. The number of benzene rings is 1. The summed E-state index contributed by atoms with van der Waals surface area (Å²) < 4.78 is 5.92. The summed E-state index contributed by atoms with van der Waals surface area (Å²) in [4.78, 5) is 6.92. The molecule has 2 aliphatic heterocycles. The zero-order chi connectivity index (χ0) is 14.1. The number of oxazole rings is 1. The van der Waals surface area contributed by atoms with Crippen LogP contribution in [0.15, 0.2) is 40.9 Å². The Morgan fingerprint density at radius 3 is 2.90 bits per heavy atom. The van der Waals surface area contributed by atoms with Gasteiger partial charge in [0, 0.05) is 30.7 Å². The third-order valence-corrected chi connectivity index (χ3v) is 4.58. The Kier molecular flexibility index (Phi) is 3.49. The fourth-order valence-electron chi connectivity index (χ4n) is 3.47. The van der Waals surface area contributed by atoms with E-state index >= 15 is 0 Å². The topological polar surface area (TPSA) is 41.3 Å². The number of aromatic nitrogens is 1. The molecule has 0 radical (unpaired) electrons. The van der Waals surface area contributed by atoms with Crippen LogP contribution in [0, 0.1) is 0 Å². The molecular formula is C17H21N3O. The van der Waals surface area contributed by atoms with Crippen molar-refractivity contribution < 1.29 is 4.42 Å². The Bertz CT molecular complexity index is 595. The molecule has 2 saturated heterocycles. The third-order valence-electron chi connectivity index (χ3n) is 4.58. The molecule has 2 fully saturated rings. The van der Waals surface area contributed by atoms with Crippen molar-refractivity contribution in [1.82, 2.24) is 15.2 Å². The van der Waals surface area contributed by atoms with E-state index in [4.69, 9.17) is 4.42 Å². The highest BCUT2D eigenvalue weighted by molar-refractivity contribution is 5.55. The Hall–Kier alpha value is -1.65. The van der Waals surface area contributed by atoms with Crippen molar-refractivity contribution >= 4 is 0 Å². The van der Waals surface area contributed by atoms with Crippen LogP contribution in [-0.2, 0) is 6.54 Å². The van der Waals surface area contributed by atoms with Crippen LogP contribution in [0.4, 0.5) is 0 Å². The maximum atomic E-state index is 5.92. The zero-order valence-electron chi connectivity index (χ0n) is 12.2. The van der Waals surface area contributed by atoms with E-state index in [-0.39, 0.29) is 0 Å². The fourth-order valence-corrected chi connectivity index (χ4v) is 3.47. The monoisotopic (exact) mass is 283 g/mol. The van der Waals surface area contributed by atoms with Gasteiger partial charge in [-0.15, -0.1) is 0 Å². The number of likely N-dealkylation sites (tertiary alicyclic amines) is 1. The maximum Gasteiger partial charge on any atom is 0.209 e. The van der Waals surface area contributed by atoms with E-state index in [2.05, 4.69) is 27.3 Å². The first-order valence-corrected chi connectivity index (χ1v) is 7.85. The Morgan fingerprint density at radius 1 is 1.14 bits per heavy atom. The number of rotatable bonds is 3. The van der Waals surface area contributed by atoms with Crippen molar-refractivity contribution in [3.63, 3.8) is 0 Å². The van der Waals surface area contributed by atoms with Gasteiger partial charge in [-0.3, -0.25) is 4.90 Å². The molecule has 2 aliphatic rings. The van der Waals surface area contributed by atoms with E-state index in [9.17, 15) is 0 Å². The lowest BCUT2D eigenvalue weighted by molar-refractivity contribution is 0.228. The molecule has 1 N–H and O–H groups in total. The molecule has 0 saturated carbocycles. The van der Waals surface area contributed by atoms with Crippen molar-refractivity contribution in [2.24, 2.45) is 0 Å². The second-order valence-electron chi connectivity index (χ2n) is 6.15. The number of hydrogen-bond acceptors (Lipinski definition) is 4. The van der Waals surface area contributed by atoms with Gasteiger partial charge in [-0.1, -0.05) is 30.3 Å². The molecule has 3 heterocycles. The van der Waals surface area contributed by atoms with Crippen LogP contribution in [0.2, 0.25) is 0 Å². The number of hydrogen-bond donors (Lipinski definition) is 1. The summed E-state index contributed by atoms with van der Waals surface area (Å²) in [5.74, 6) is 1.69. The molecule has 0 aliphatic carbocycles. The summed E-state index contributed by atoms with van der Waals surface area (Å²) in [6.45, 7) is 3.06. The molecule has 2 atom stereocenters. The van der Waals surface area contributed by atoms with E-state index in [1.165, 1.54) is 19.3 Å². The van der Waals surface area contributed by atoms with Crippen LogP contribution in [0.3, 0.4) is 0 Å². The van der Waals surface area contributed by atoms with Gasteiger partial charge in [0.1, 0.15) is 0 Å². The van der Waals surface area contributed by atoms with E-state index in [0.717, 1.165) is 42.9 Å². The van der Waals surface area contributed by atoms with E-state index in [0.29, 0.717) is 6.04 Å². The summed E-state index contributed by atoms with van der Waals surface area (Å²) in [6.07, 6.45) is 5.73. The van der Waals surface area contributed by atoms with Crippen molar-refractivity contribution in [3.05, 3.63) is 42.4 Å². The van der Waals surface area contributed by atoms with Crippen LogP contribution < -0.4 is 5.32 Å². The molecule has 110 valence electrons. The minimum absolute atomic E-state index is 0.654. The van der Waals surface area contributed by atoms with Crippen molar-refractivity contribution in [2.45, 2.75) is 37.9 Å². The Labute approximate surface area is 125 Å². The second-order valence-corrected chi connectivity index (χ2v) is 6.15. The van der Waals surface area contributed by atoms with Crippen LogP contribution in [0.5, 0.6) is 0 Å². The van der Waals surface area contributed by atoms with E-state index in [1.807, 2.05) is 24.4 Å². The van der Waals surface area contributed by atoms with Gasteiger partial charge >= 0.3 is 0 Å². The molecule has 4 heteroatoms. The largest absolute Gasteiger partial charge is 0.439 e. The predicted octanol–water partition coefficient (Wildman–Crippen LogP) is 2.67. The maximum absolute atomic E-state index is 5.92. The third kappa shape index (κ3) is 2.87. The van der Waals surface area contributed by atoms with Crippen molar-refractivity contribution in [1.29, 1.82) is 0 Å². The Balaban J connectivity index is 1.44. The lowest BCUT2D eigenvalue weighted by Crippen LogP contribution is -2.35. The fraction of sp³-hybridized carbons (Fsp3) is 0.471. The van der Waals surface area contributed by atoms with Crippen LogP contribution in [-0.4, -0.2) is 35.1 Å². The van der Waals surface area contributed by atoms with E-state index in [1.54, 1.807) is 0 Å². The minimum Gasteiger partial charge on any atom is -0.439 e. The van der Waals surface area contributed by atoms with Crippen LogP contribution in [0.1, 0.15) is 25.2 Å². The van der Waals surface area contributed by atoms with Gasteiger partial charge in [0.15, 0.2) is 5.76 Å². The van der Waals surface area contributed by atoms with Gasteiger partial charge in [0.2, 0.25) is 5.89 Å². The van der Waals surface area contributed by atoms with Crippen molar-refractivity contribution in [3.8, 4) is 11.3 Å².